The number of rotatable bonds is 5. The largest absolute Gasteiger partial charge is 0.357 e. The summed E-state index contributed by atoms with van der Waals surface area (Å²) in [6.45, 7) is 4.28. The van der Waals surface area contributed by atoms with Crippen LogP contribution < -0.4 is 10.6 Å². The minimum Gasteiger partial charge on any atom is -0.357 e. The van der Waals surface area contributed by atoms with Crippen LogP contribution in [0.1, 0.15) is 17.5 Å². The molecule has 2 aromatic rings. The van der Waals surface area contributed by atoms with Crippen LogP contribution in [0, 0.1) is 0 Å². The normalized spacial score (nSPS) is 11.7. The van der Waals surface area contributed by atoms with Crippen molar-refractivity contribution in [3.8, 4) is 0 Å². The monoisotopic (exact) mass is 355 g/mol. The van der Waals surface area contributed by atoms with Gasteiger partial charge in [-0.25, -0.2) is 4.99 Å². The maximum Gasteiger partial charge on any atom is 0.191 e. The Balaban J connectivity index is 1.94. The molecular weight excluding hydrogens is 338 g/mol. The highest BCUT2D eigenvalue weighted by Gasteiger charge is 2.02. The fourth-order valence-electron chi connectivity index (χ4n) is 1.68. The molecule has 20 heavy (non-hydrogen) atoms. The van der Waals surface area contributed by atoms with E-state index in [0.29, 0.717) is 6.54 Å². The first-order chi connectivity index (χ1) is 9.69. The van der Waals surface area contributed by atoms with Crippen LogP contribution >= 0.6 is 27.3 Å². The lowest BCUT2D eigenvalue weighted by Gasteiger charge is -2.10. The summed E-state index contributed by atoms with van der Waals surface area (Å²) < 4.78 is 2.98. The lowest BCUT2D eigenvalue weighted by molar-refractivity contribution is 0.707. The van der Waals surface area contributed by atoms with Crippen LogP contribution in [0.3, 0.4) is 0 Å². The first kappa shape index (κ1) is 15.1. The topological polar surface area (TPSA) is 54.2 Å². The first-order valence-electron chi connectivity index (χ1n) is 6.42. The van der Waals surface area contributed by atoms with Gasteiger partial charge in [-0.05, 0) is 41.1 Å². The Hall–Kier alpha value is -1.34. The van der Waals surface area contributed by atoms with E-state index >= 15 is 0 Å². The van der Waals surface area contributed by atoms with Crippen molar-refractivity contribution in [1.29, 1.82) is 0 Å². The van der Waals surface area contributed by atoms with Gasteiger partial charge in [-0.1, -0.05) is 0 Å². The second-order valence-electron chi connectivity index (χ2n) is 4.20. The molecular formula is C13H18BrN5S. The van der Waals surface area contributed by atoms with E-state index in [1.54, 1.807) is 17.5 Å². The van der Waals surface area contributed by atoms with Crippen LogP contribution in [0.2, 0.25) is 0 Å². The average molecular weight is 356 g/mol. The molecule has 0 bridgehead atoms. The van der Waals surface area contributed by atoms with Crippen molar-refractivity contribution in [2.75, 3.05) is 6.54 Å². The van der Waals surface area contributed by atoms with Crippen LogP contribution in [0.4, 0.5) is 0 Å². The predicted octanol–water partition coefficient (Wildman–Crippen LogP) is 2.50. The fourth-order valence-corrected chi connectivity index (χ4v) is 3.10. The summed E-state index contributed by atoms with van der Waals surface area (Å²) in [5, 5.41) is 10.7. The molecule has 0 aliphatic rings. The molecule has 2 rings (SSSR count). The number of nitrogens with zero attached hydrogens (tertiary/aromatic N) is 3. The van der Waals surface area contributed by atoms with Crippen molar-refractivity contribution in [3.63, 3.8) is 0 Å². The van der Waals surface area contributed by atoms with Gasteiger partial charge in [0.1, 0.15) is 0 Å². The Morgan fingerprint density at radius 3 is 2.85 bits per heavy atom. The molecule has 0 atom stereocenters. The van der Waals surface area contributed by atoms with Crippen LogP contribution in [-0.2, 0) is 20.1 Å². The molecule has 108 valence electrons. The van der Waals surface area contributed by atoms with E-state index in [2.05, 4.69) is 55.7 Å². The van der Waals surface area contributed by atoms with Crippen LogP contribution in [0.5, 0.6) is 0 Å². The number of hydrogen-bond acceptors (Lipinski definition) is 3. The predicted molar refractivity (Wildman–Crippen MR) is 86.9 cm³/mol. The smallest absolute Gasteiger partial charge is 0.191 e. The van der Waals surface area contributed by atoms with E-state index in [1.165, 1.54) is 4.88 Å². The molecule has 2 aromatic heterocycles. The van der Waals surface area contributed by atoms with Gasteiger partial charge in [0.2, 0.25) is 0 Å². The molecule has 0 spiro atoms. The van der Waals surface area contributed by atoms with E-state index in [0.717, 1.165) is 28.5 Å². The van der Waals surface area contributed by atoms with Crippen molar-refractivity contribution >= 4 is 33.2 Å². The van der Waals surface area contributed by atoms with E-state index in [9.17, 15) is 0 Å². The van der Waals surface area contributed by atoms with Gasteiger partial charge >= 0.3 is 0 Å². The molecule has 0 saturated carbocycles. The molecule has 0 radical (unpaired) electrons. The highest BCUT2D eigenvalue weighted by atomic mass is 79.9. The number of aromatic nitrogens is 2. The van der Waals surface area contributed by atoms with Gasteiger partial charge in [-0.2, -0.15) is 5.10 Å². The third-order valence-corrected chi connectivity index (χ3v) is 4.35. The summed E-state index contributed by atoms with van der Waals surface area (Å²) in [6.07, 6.45) is 1.79. The molecule has 0 fully saturated rings. The quantitative estimate of drug-likeness (QED) is 0.639. The summed E-state index contributed by atoms with van der Waals surface area (Å²) in [7, 11) is 1.92. The summed E-state index contributed by atoms with van der Waals surface area (Å²) in [5.41, 5.74) is 1.08. The molecule has 0 aromatic carbocycles. The number of aliphatic imine (C=N–C) groups is 1. The second-order valence-corrected chi connectivity index (χ2v) is 6.75. The second kappa shape index (κ2) is 7.44. The van der Waals surface area contributed by atoms with Gasteiger partial charge in [0.05, 0.1) is 22.6 Å². The maximum atomic E-state index is 4.57. The fraction of sp³-hybridized carbons (Fsp3) is 0.385. The van der Waals surface area contributed by atoms with Crippen molar-refractivity contribution < 1.29 is 0 Å². The number of halogens is 1. The van der Waals surface area contributed by atoms with Crippen molar-refractivity contribution in [2.24, 2.45) is 12.0 Å². The molecule has 2 heterocycles. The van der Waals surface area contributed by atoms with E-state index in [1.807, 2.05) is 17.8 Å². The van der Waals surface area contributed by atoms with Crippen molar-refractivity contribution in [3.05, 3.63) is 38.8 Å². The highest BCUT2D eigenvalue weighted by molar-refractivity contribution is 9.11. The van der Waals surface area contributed by atoms with Crippen molar-refractivity contribution in [2.45, 2.75) is 20.0 Å². The zero-order valence-electron chi connectivity index (χ0n) is 11.6. The SMILES string of the molecule is CCNC(=NCc1ccnn1C)NCc1ccc(Br)s1. The Morgan fingerprint density at radius 1 is 1.40 bits per heavy atom. The molecule has 0 aliphatic carbocycles. The maximum absolute atomic E-state index is 4.57. The minimum atomic E-state index is 0.611. The van der Waals surface area contributed by atoms with Crippen molar-refractivity contribution in [1.82, 2.24) is 20.4 Å². The minimum absolute atomic E-state index is 0.611. The van der Waals surface area contributed by atoms with E-state index in [-0.39, 0.29) is 0 Å². The first-order valence-corrected chi connectivity index (χ1v) is 8.03. The molecule has 0 aliphatic heterocycles. The zero-order chi connectivity index (χ0) is 14.4. The zero-order valence-corrected chi connectivity index (χ0v) is 14.0. The Morgan fingerprint density at radius 2 is 2.25 bits per heavy atom. The number of guanidine groups is 1. The molecule has 2 N–H and O–H groups in total. The Labute approximate surface area is 131 Å². The van der Waals surface area contributed by atoms with Gasteiger partial charge in [-0.3, -0.25) is 4.68 Å². The van der Waals surface area contributed by atoms with Gasteiger partial charge in [0.25, 0.3) is 0 Å². The molecule has 5 nitrogen and oxygen atoms in total. The lowest BCUT2D eigenvalue weighted by Crippen LogP contribution is -2.36. The molecule has 0 unspecified atom stereocenters. The van der Waals surface area contributed by atoms with Crippen LogP contribution in [-0.4, -0.2) is 22.3 Å². The number of aryl methyl sites for hydroxylation is 1. The number of thiophene rings is 1. The average Bonchev–Trinajstić information content (AvgIpc) is 3.02. The number of hydrogen-bond donors (Lipinski definition) is 2. The van der Waals surface area contributed by atoms with Gasteiger partial charge in [-0.15, -0.1) is 11.3 Å². The van der Waals surface area contributed by atoms with Gasteiger partial charge in [0.15, 0.2) is 5.96 Å². The summed E-state index contributed by atoms with van der Waals surface area (Å²) >= 11 is 5.19. The summed E-state index contributed by atoms with van der Waals surface area (Å²) in [6, 6.07) is 6.14. The Kier molecular flexibility index (Phi) is 5.60. The van der Waals surface area contributed by atoms with Gasteiger partial charge in [0, 0.05) is 24.7 Å². The molecule has 7 heteroatoms. The van der Waals surface area contributed by atoms with Gasteiger partial charge < -0.3 is 10.6 Å². The van der Waals surface area contributed by atoms with Crippen LogP contribution in [0.15, 0.2) is 33.2 Å². The van der Waals surface area contributed by atoms with Crippen LogP contribution in [0.25, 0.3) is 0 Å². The van der Waals surface area contributed by atoms with E-state index < -0.39 is 0 Å². The standard InChI is InChI=1S/C13H18BrN5S/c1-3-15-13(16-8-10-6-7-18-19(10)2)17-9-11-4-5-12(14)20-11/h4-7H,3,8-9H2,1-2H3,(H2,15,16,17). The summed E-state index contributed by atoms with van der Waals surface area (Å²) in [5.74, 6) is 0.818. The molecule has 0 amide bonds. The number of nitrogens with one attached hydrogen (secondary N) is 2. The molecule has 0 saturated heterocycles. The lowest BCUT2D eigenvalue weighted by atomic mass is 10.4. The highest BCUT2D eigenvalue weighted by Crippen LogP contribution is 2.21. The Bertz CT molecular complexity index is 575. The summed E-state index contributed by atoms with van der Waals surface area (Å²) in [4.78, 5) is 5.83. The third-order valence-electron chi connectivity index (χ3n) is 2.72. The third kappa shape index (κ3) is 4.35. The van der Waals surface area contributed by atoms with E-state index in [4.69, 9.17) is 0 Å².